The second-order valence-electron chi connectivity index (χ2n) is 9.89. The fraction of sp³-hybridized carbons (Fsp3) is 0.708. The van der Waals surface area contributed by atoms with Crippen LogP contribution in [0.1, 0.15) is 76.7 Å². The molecule has 3 atom stereocenters. The van der Waals surface area contributed by atoms with Crippen molar-refractivity contribution < 1.29 is 0 Å². The Balaban J connectivity index is 1.39. The third-order valence-corrected chi connectivity index (χ3v) is 7.85. The molecule has 2 bridgehead atoms. The number of nitrogens with one attached hydrogen (secondary N) is 2. The molecule has 0 radical (unpaired) electrons. The lowest BCUT2D eigenvalue weighted by Gasteiger charge is -2.54. The predicted molar refractivity (Wildman–Crippen MR) is 118 cm³/mol. The van der Waals surface area contributed by atoms with Crippen LogP contribution in [0.5, 0.6) is 0 Å². The maximum atomic E-state index is 5.72. The van der Waals surface area contributed by atoms with Crippen molar-refractivity contribution in [3.05, 3.63) is 35.9 Å². The van der Waals surface area contributed by atoms with Crippen LogP contribution in [0.25, 0.3) is 0 Å². The number of hydrogen-bond donors (Lipinski definition) is 2. The van der Waals surface area contributed by atoms with Crippen molar-refractivity contribution >= 4 is 17.2 Å². The average molecular weight is 385 g/mol. The molecule has 0 spiro atoms. The van der Waals surface area contributed by atoms with Gasteiger partial charge in [-0.05, 0) is 93.2 Å². The zero-order valence-electron chi connectivity index (χ0n) is 16.9. The fourth-order valence-electron chi connectivity index (χ4n) is 6.48. The first-order valence-electron chi connectivity index (χ1n) is 11.1. The summed E-state index contributed by atoms with van der Waals surface area (Å²) in [6.07, 6.45) is 13.1. The summed E-state index contributed by atoms with van der Waals surface area (Å²) in [5.74, 6) is 0.817. The van der Waals surface area contributed by atoms with Crippen molar-refractivity contribution in [1.29, 1.82) is 0 Å². The summed E-state index contributed by atoms with van der Waals surface area (Å²) < 4.78 is 0. The molecule has 1 heterocycles. The Morgan fingerprint density at radius 1 is 1.15 bits per heavy atom. The van der Waals surface area contributed by atoms with Gasteiger partial charge in [0.2, 0.25) is 0 Å². The standard InChI is InChI=1S/C24H36N2S/c1-23-12-5-13-24(18-23,20-6-3-2-4-7-20)17-19(16-23)8-9-22(27)26-21-10-14-25-15-11-21/h2-4,6-7,19,21,25H,5,8-18H2,1H3,(H,26,27)/t19?,23-,24-/m1/s1. The van der Waals surface area contributed by atoms with E-state index in [1.54, 1.807) is 5.56 Å². The number of hydrogen-bond acceptors (Lipinski definition) is 2. The molecule has 3 fully saturated rings. The normalized spacial score (nSPS) is 34.2. The van der Waals surface area contributed by atoms with Crippen molar-refractivity contribution in [3.8, 4) is 0 Å². The van der Waals surface area contributed by atoms with Gasteiger partial charge < -0.3 is 10.6 Å². The number of fused-ring (bicyclic) bond motifs is 2. The maximum absolute atomic E-state index is 5.72. The number of piperidine rings is 1. The van der Waals surface area contributed by atoms with Crippen LogP contribution in [-0.2, 0) is 5.41 Å². The largest absolute Gasteiger partial charge is 0.377 e. The first-order valence-corrected chi connectivity index (χ1v) is 11.5. The maximum Gasteiger partial charge on any atom is 0.0755 e. The Hall–Kier alpha value is -0.930. The minimum atomic E-state index is 0.418. The highest BCUT2D eigenvalue weighted by Gasteiger charge is 2.49. The molecule has 0 amide bonds. The highest BCUT2D eigenvalue weighted by atomic mass is 32.1. The van der Waals surface area contributed by atoms with E-state index < -0.39 is 0 Å². The summed E-state index contributed by atoms with van der Waals surface area (Å²) in [6, 6.07) is 12.0. The van der Waals surface area contributed by atoms with Crippen LogP contribution < -0.4 is 10.6 Å². The SMILES string of the molecule is C[C@@]12CCC[C@@](c3ccccc3)(CC(CCC(=S)NC3CCNCC3)C1)C2. The molecule has 0 aromatic heterocycles. The van der Waals surface area contributed by atoms with Gasteiger partial charge in [-0.25, -0.2) is 0 Å². The van der Waals surface area contributed by atoms with Crippen molar-refractivity contribution in [3.63, 3.8) is 0 Å². The van der Waals surface area contributed by atoms with Gasteiger partial charge in [0.15, 0.2) is 0 Å². The number of benzene rings is 1. The quantitative estimate of drug-likeness (QED) is 0.668. The van der Waals surface area contributed by atoms with Crippen molar-refractivity contribution in [1.82, 2.24) is 10.6 Å². The molecule has 3 heteroatoms. The summed E-state index contributed by atoms with van der Waals surface area (Å²) in [7, 11) is 0. The lowest BCUT2D eigenvalue weighted by Crippen LogP contribution is -2.45. The van der Waals surface area contributed by atoms with E-state index >= 15 is 0 Å². The zero-order valence-corrected chi connectivity index (χ0v) is 17.8. The summed E-state index contributed by atoms with van der Waals surface area (Å²) in [5.41, 5.74) is 2.54. The van der Waals surface area contributed by atoms with Gasteiger partial charge in [-0.2, -0.15) is 0 Å². The van der Waals surface area contributed by atoms with E-state index in [0.717, 1.165) is 30.4 Å². The molecule has 1 aromatic rings. The molecule has 2 aliphatic carbocycles. The highest BCUT2D eigenvalue weighted by Crippen LogP contribution is 2.58. The monoisotopic (exact) mass is 384 g/mol. The predicted octanol–water partition coefficient (Wildman–Crippen LogP) is 5.36. The lowest BCUT2D eigenvalue weighted by atomic mass is 9.50. The molecule has 1 aromatic carbocycles. The van der Waals surface area contributed by atoms with Gasteiger partial charge in [0.1, 0.15) is 0 Å². The van der Waals surface area contributed by atoms with Crippen molar-refractivity contribution in [2.75, 3.05) is 13.1 Å². The smallest absolute Gasteiger partial charge is 0.0755 e. The number of rotatable bonds is 5. The summed E-state index contributed by atoms with van der Waals surface area (Å²) >= 11 is 5.72. The van der Waals surface area contributed by atoms with Crippen LogP contribution in [0.15, 0.2) is 30.3 Å². The lowest BCUT2D eigenvalue weighted by molar-refractivity contribution is 0.0274. The molecular weight excluding hydrogens is 348 g/mol. The highest BCUT2D eigenvalue weighted by molar-refractivity contribution is 7.80. The topological polar surface area (TPSA) is 24.1 Å². The Morgan fingerprint density at radius 3 is 2.70 bits per heavy atom. The van der Waals surface area contributed by atoms with E-state index in [1.165, 1.54) is 57.8 Å². The van der Waals surface area contributed by atoms with Crippen LogP contribution in [0.3, 0.4) is 0 Å². The van der Waals surface area contributed by atoms with E-state index in [1.807, 2.05) is 0 Å². The molecule has 1 saturated heterocycles. The summed E-state index contributed by atoms with van der Waals surface area (Å²) in [6.45, 7) is 4.81. The van der Waals surface area contributed by atoms with Gasteiger partial charge in [-0.1, -0.05) is 55.9 Å². The summed E-state index contributed by atoms with van der Waals surface area (Å²) in [4.78, 5) is 1.11. The fourth-order valence-corrected chi connectivity index (χ4v) is 6.76. The second kappa shape index (κ2) is 8.21. The third kappa shape index (κ3) is 4.56. The van der Waals surface area contributed by atoms with Crippen LogP contribution in [0.2, 0.25) is 0 Å². The molecule has 2 saturated carbocycles. The molecule has 1 aliphatic heterocycles. The Kier molecular flexibility index (Phi) is 5.89. The van der Waals surface area contributed by atoms with Crippen molar-refractivity contribution in [2.24, 2.45) is 11.3 Å². The first kappa shape index (κ1) is 19.4. The van der Waals surface area contributed by atoms with Gasteiger partial charge in [0.05, 0.1) is 4.99 Å². The van der Waals surface area contributed by atoms with E-state index in [2.05, 4.69) is 47.9 Å². The van der Waals surface area contributed by atoms with Crippen LogP contribution in [0, 0.1) is 11.3 Å². The molecule has 2 N–H and O–H groups in total. The minimum Gasteiger partial charge on any atom is -0.377 e. The molecular formula is C24H36N2S. The summed E-state index contributed by atoms with van der Waals surface area (Å²) in [5, 5.41) is 7.09. The Labute approximate surface area is 170 Å². The van der Waals surface area contributed by atoms with Gasteiger partial charge in [-0.15, -0.1) is 0 Å². The van der Waals surface area contributed by atoms with E-state index in [0.29, 0.717) is 16.9 Å². The number of thiocarbonyl (C=S) groups is 1. The van der Waals surface area contributed by atoms with E-state index in [4.69, 9.17) is 12.2 Å². The zero-order chi connectivity index (χ0) is 18.7. The van der Waals surface area contributed by atoms with Crippen LogP contribution >= 0.6 is 12.2 Å². The first-order chi connectivity index (χ1) is 13.1. The van der Waals surface area contributed by atoms with E-state index in [9.17, 15) is 0 Å². The Morgan fingerprint density at radius 2 is 1.93 bits per heavy atom. The van der Waals surface area contributed by atoms with Gasteiger partial charge in [-0.3, -0.25) is 0 Å². The molecule has 2 nitrogen and oxygen atoms in total. The molecule has 4 rings (SSSR count). The van der Waals surface area contributed by atoms with Crippen LogP contribution in [-0.4, -0.2) is 24.1 Å². The average Bonchev–Trinajstić information content (AvgIpc) is 2.67. The minimum absolute atomic E-state index is 0.418. The Bertz CT molecular complexity index is 639. The van der Waals surface area contributed by atoms with Gasteiger partial charge >= 0.3 is 0 Å². The van der Waals surface area contributed by atoms with Gasteiger partial charge in [0, 0.05) is 6.04 Å². The molecule has 27 heavy (non-hydrogen) atoms. The third-order valence-electron chi connectivity index (χ3n) is 7.53. The van der Waals surface area contributed by atoms with Crippen LogP contribution in [0.4, 0.5) is 0 Å². The second-order valence-corrected chi connectivity index (χ2v) is 10.4. The van der Waals surface area contributed by atoms with E-state index in [-0.39, 0.29) is 0 Å². The van der Waals surface area contributed by atoms with Crippen molar-refractivity contribution in [2.45, 2.75) is 82.6 Å². The van der Waals surface area contributed by atoms with Gasteiger partial charge in [0.25, 0.3) is 0 Å². The molecule has 1 unspecified atom stereocenters. The molecule has 3 aliphatic rings. The molecule has 148 valence electrons.